The van der Waals surface area contributed by atoms with Gasteiger partial charge in [-0.3, -0.25) is 0 Å². The predicted molar refractivity (Wildman–Crippen MR) is 165 cm³/mol. The van der Waals surface area contributed by atoms with Crippen LogP contribution in [0, 0.1) is 0 Å². The number of benzene rings is 7. The van der Waals surface area contributed by atoms with Gasteiger partial charge in [-0.15, -0.1) is 0 Å². The predicted octanol–water partition coefficient (Wildman–Crippen LogP) is 10.9. The second-order valence-corrected chi connectivity index (χ2v) is 8.67. The molecule has 0 radical (unpaired) electrons. The first-order valence-electron chi connectivity index (χ1n) is 21.3. The zero-order chi connectivity index (χ0) is 42.3. The standard InChI is InChI=1S/C38H24O/c1-2-11-25(12-3-1)37-31-16-4-6-18-33(31)38(34-19-7-5-17-32(34)37)28-14-10-13-26(23-28)27-21-22-30-29-15-8-9-20-35(29)39-36(30)24-27/h1-24H/i1D,2D,3D,4D,5D,6D,7D,8D,9D,11D,12D,15D,16D,17D,18D,19D,20D,21D,24D. The lowest BCUT2D eigenvalue weighted by molar-refractivity contribution is 0.669. The van der Waals surface area contributed by atoms with E-state index in [0.29, 0.717) is 0 Å². The molecule has 0 unspecified atom stereocenters. The van der Waals surface area contributed by atoms with Crippen molar-refractivity contribution < 1.29 is 30.5 Å². The van der Waals surface area contributed by atoms with Crippen LogP contribution in [0.15, 0.2) is 150 Å². The molecule has 0 spiro atoms. The van der Waals surface area contributed by atoms with E-state index in [9.17, 15) is 2.74 Å². The van der Waals surface area contributed by atoms with Crippen LogP contribution in [-0.4, -0.2) is 0 Å². The van der Waals surface area contributed by atoms with Crippen molar-refractivity contribution in [1.82, 2.24) is 0 Å². The molecule has 1 heterocycles. The maximum atomic E-state index is 9.18. The zero-order valence-electron chi connectivity index (χ0n) is 38.8. The first-order chi connectivity index (χ1) is 27.2. The molecule has 0 aliphatic heterocycles. The molecule has 0 N–H and O–H groups in total. The highest BCUT2D eigenvalue weighted by Gasteiger charge is 2.17. The highest BCUT2D eigenvalue weighted by molar-refractivity contribution is 6.21. The summed E-state index contributed by atoms with van der Waals surface area (Å²) < 4.78 is 171. The van der Waals surface area contributed by atoms with E-state index in [1.54, 1.807) is 0 Å². The van der Waals surface area contributed by atoms with E-state index in [1.165, 1.54) is 30.3 Å². The molecular weight excluding hydrogens is 472 g/mol. The molecule has 0 saturated carbocycles. The Morgan fingerprint density at radius 3 is 1.67 bits per heavy atom. The number of rotatable bonds is 3. The third kappa shape index (κ3) is 3.48. The molecule has 1 nitrogen and oxygen atoms in total. The van der Waals surface area contributed by atoms with E-state index in [0.717, 1.165) is 0 Å². The minimum Gasteiger partial charge on any atom is -0.456 e. The van der Waals surface area contributed by atoms with Crippen LogP contribution < -0.4 is 0 Å². The van der Waals surface area contributed by atoms with Gasteiger partial charge >= 0.3 is 0 Å². The molecule has 182 valence electrons. The highest BCUT2D eigenvalue weighted by atomic mass is 16.3. The van der Waals surface area contributed by atoms with Crippen molar-refractivity contribution in [2.45, 2.75) is 0 Å². The maximum Gasteiger partial charge on any atom is 0.136 e. The quantitative estimate of drug-likeness (QED) is 0.213. The van der Waals surface area contributed by atoms with Crippen LogP contribution >= 0.6 is 0 Å². The van der Waals surface area contributed by atoms with E-state index in [2.05, 4.69) is 0 Å². The van der Waals surface area contributed by atoms with Gasteiger partial charge in [0.25, 0.3) is 0 Å². The van der Waals surface area contributed by atoms with Crippen LogP contribution in [-0.2, 0) is 0 Å². The smallest absolute Gasteiger partial charge is 0.136 e. The first kappa shape index (κ1) is 10.2. The van der Waals surface area contributed by atoms with E-state index in [-0.39, 0.29) is 77.8 Å². The molecule has 8 rings (SSSR count). The molecular formula is C38H24O. The molecule has 0 amide bonds. The maximum absolute atomic E-state index is 9.18. The Kier molecular flexibility index (Phi) is 2.28. The van der Waals surface area contributed by atoms with Crippen LogP contribution in [0.4, 0.5) is 0 Å². The van der Waals surface area contributed by atoms with Gasteiger partial charge in [0.15, 0.2) is 0 Å². The van der Waals surface area contributed by atoms with Gasteiger partial charge in [0.1, 0.15) is 11.2 Å². The number of hydrogen-bond donors (Lipinski definition) is 0. The Bertz CT molecular complexity index is 3110. The molecule has 0 aliphatic carbocycles. The Morgan fingerprint density at radius 1 is 0.410 bits per heavy atom. The molecule has 0 atom stereocenters. The van der Waals surface area contributed by atoms with Crippen molar-refractivity contribution in [2.24, 2.45) is 0 Å². The number of furan rings is 1. The van der Waals surface area contributed by atoms with Gasteiger partial charge in [-0.2, -0.15) is 0 Å². The summed E-state index contributed by atoms with van der Waals surface area (Å²) >= 11 is 0. The number of para-hydroxylation sites is 1. The molecule has 1 aromatic heterocycles. The SMILES string of the molecule is [2H]c1cc2c(oc3c([2H])c([2H])c([2H])c([2H])c32)c([2H])c1-c1cccc(-c2c3c([2H])c([2H])c([2H])c([2H])c3c(-c3c([2H])c([2H])c([2H])c([2H])c3[2H])c3c([2H])c([2H])c([2H])c([2H])c23)c1. The first-order valence-corrected chi connectivity index (χ1v) is 11.8. The molecule has 0 fully saturated rings. The van der Waals surface area contributed by atoms with Gasteiger partial charge in [0.2, 0.25) is 0 Å². The lowest BCUT2D eigenvalue weighted by atomic mass is 9.85. The van der Waals surface area contributed by atoms with E-state index in [1.807, 2.05) is 0 Å². The average Bonchev–Trinajstić information content (AvgIpc) is 3.59. The van der Waals surface area contributed by atoms with Crippen molar-refractivity contribution in [2.75, 3.05) is 0 Å². The van der Waals surface area contributed by atoms with Crippen LogP contribution in [0.1, 0.15) is 26.0 Å². The second-order valence-electron chi connectivity index (χ2n) is 8.67. The monoisotopic (exact) mass is 515 g/mol. The Morgan fingerprint density at radius 2 is 0.974 bits per heavy atom. The fourth-order valence-corrected chi connectivity index (χ4v) is 4.89. The summed E-state index contributed by atoms with van der Waals surface area (Å²) in [5, 5.41) is -1.26. The fourth-order valence-electron chi connectivity index (χ4n) is 4.89. The van der Waals surface area contributed by atoms with Gasteiger partial charge < -0.3 is 4.42 Å². The van der Waals surface area contributed by atoms with Gasteiger partial charge in [-0.25, -0.2) is 0 Å². The Hall–Kier alpha value is -5.14. The highest BCUT2D eigenvalue weighted by Crippen LogP contribution is 2.44. The van der Waals surface area contributed by atoms with E-state index in [4.69, 9.17) is 27.7 Å². The number of fused-ring (bicyclic) bond motifs is 5. The van der Waals surface area contributed by atoms with Gasteiger partial charge in [0.05, 0.1) is 26.0 Å². The van der Waals surface area contributed by atoms with E-state index >= 15 is 0 Å². The Balaban J connectivity index is 1.56. The van der Waals surface area contributed by atoms with Gasteiger partial charge in [-0.1, -0.05) is 121 Å². The fraction of sp³-hybridized carbons (Fsp3) is 0. The summed E-state index contributed by atoms with van der Waals surface area (Å²) in [6.45, 7) is 0. The van der Waals surface area contributed by atoms with Crippen molar-refractivity contribution in [3.8, 4) is 33.4 Å². The molecule has 0 aliphatic rings. The van der Waals surface area contributed by atoms with Crippen molar-refractivity contribution in [3.63, 3.8) is 0 Å². The minimum absolute atomic E-state index is 0.0105. The lowest BCUT2D eigenvalue weighted by Crippen LogP contribution is -1.91. The van der Waals surface area contributed by atoms with Crippen LogP contribution in [0.2, 0.25) is 0 Å². The summed E-state index contributed by atoms with van der Waals surface area (Å²) in [4.78, 5) is 0. The molecule has 1 heteroatoms. The molecule has 0 bridgehead atoms. The van der Waals surface area contributed by atoms with Crippen LogP contribution in [0.5, 0.6) is 0 Å². The van der Waals surface area contributed by atoms with Crippen LogP contribution in [0.25, 0.3) is 76.9 Å². The van der Waals surface area contributed by atoms with Crippen molar-refractivity contribution in [1.29, 1.82) is 0 Å². The summed E-state index contributed by atoms with van der Waals surface area (Å²) in [7, 11) is 0. The van der Waals surface area contributed by atoms with Crippen LogP contribution in [0.3, 0.4) is 0 Å². The summed E-state index contributed by atoms with van der Waals surface area (Å²) in [5.74, 6) is 0. The van der Waals surface area contributed by atoms with Gasteiger partial charge in [-0.05, 0) is 79.1 Å². The van der Waals surface area contributed by atoms with Gasteiger partial charge in [0, 0.05) is 10.8 Å². The summed E-state index contributed by atoms with van der Waals surface area (Å²) in [6.07, 6.45) is 0. The Labute approximate surface area is 253 Å². The van der Waals surface area contributed by atoms with Crippen molar-refractivity contribution in [3.05, 3.63) is 145 Å². The number of hydrogen-bond acceptors (Lipinski definition) is 1. The third-order valence-corrected chi connectivity index (χ3v) is 6.54. The molecule has 8 aromatic rings. The topological polar surface area (TPSA) is 13.1 Å². The minimum atomic E-state index is -0.785. The second kappa shape index (κ2) is 8.72. The normalized spacial score (nSPS) is 18.4. The van der Waals surface area contributed by atoms with Crippen molar-refractivity contribution >= 4 is 43.5 Å². The van der Waals surface area contributed by atoms with E-state index < -0.39 is 114 Å². The summed E-state index contributed by atoms with van der Waals surface area (Å²) in [5.41, 5.74) is -1.21. The summed E-state index contributed by atoms with van der Waals surface area (Å²) in [6, 6.07) is -4.92. The molecule has 7 aromatic carbocycles. The molecule has 0 saturated heterocycles. The lowest BCUT2D eigenvalue weighted by Gasteiger charge is -2.18. The molecule has 39 heavy (non-hydrogen) atoms. The third-order valence-electron chi connectivity index (χ3n) is 6.54. The average molecular weight is 516 g/mol. The largest absolute Gasteiger partial charge is 0.456 e. The zero-order valence-corrected chi connectivity index (χ0v) is 19.8.